The Labute approximate surface area is 128 Å². The Morgan fingerprint density at radius 2 is 1.89 bits per heavy atom. The van der Waals surface area contributed by atoms with Crippen LogP contribution in [0.1, 0.15) is 26.5 Å². The molecule has 2 aromatic heterocycles. The van der Waals surface area contributed by atoms with Crippen molar-refractivity contribution in [3.63, 3.8) is 0 Å². The van der Waals surface area contributed by atoms with Gasteiger partial charge in [-0.2, -0.15) is 0 Å². The number of rotatable bonds is 1. The Bertz CT molecular complexity index is 674. The van der Waals surface area contributed by atoms with Crippen LogP contribution < -0.4 is 5.56 Å². The summed E-state index contributed by atoms with van der Waals surface area (Å²) in [6.45, 7) is 6.05. The van der Waals surface area contributed by atoms with Gasteiger partial charge in [0.25, 0.3) is 5.56 Å². The molecule has 1 N–H and O–H groups in total. The fourth-order valence-electron chi connectivity index (χ4n) is 1.54. The number of H-pyrrole nitrogens is 1. The van der Waals surface area contributed by atoms with E-state index < -0.39 is 0 Å². The van der Waals surface area contributed by atoms with Gasteiger partial charge in [-0.15, -0.1) is 0 Å². The lowest BCUT2D eigenvalue weighted by atomic mass is 9.92. The first-order valence-corrected chi connectivity index (χ1v) is 7.29. The lowest BCUT2D eigenvalue weighted by Crippen LogP contribution is -2.20. The van der Waals surface area contributed by atoms with Gasteiger partial charge in [0.2, 0.25) is 0 Å². The summed E-state index contributed by atoms with van der Waals surface area (Å²) in [4.78, 5) is 23.3. The molecule has 19 heavy (non-hydrogen) atoms. The summed E-state index contributed by atoms with van der Waals surface area (Å²) in [5.74, 6) is 0.469. The van der Waals surface area contributed by atoms with E-state index in [2.05, 4.69) is 46.8 Å². The molecule has 4 nitrogen and oxygen atoms in total. The second kappa shape index (κ2) is 5.17. The molecule has 0 fully saturated rings. The van der Waals surface area contributed by atoms with Crippen molar-refractivity contribution in [3.05, 3.63) is 43.3 Å². The van der Waals surface area contributed by atoms with E-state index in [1.807, 2.05) is 26.8 Å². The van der Waals surface area contributed by atoms with E-state index in [1.54, 1.807) is 6.20 Å². The SMILES string of the molecule is CC(C)(C)c1cc(=O)[nH]c(-c2ncc(Br)cc2Br)n1. The van der Waals surface area contributed by atoms with E-state index in [0.29, 0.717) is 11.5 Å². The van der Waals surface area contributed by atoms with Crippen LogP contribution in [-0.2, 0) is 5.41 Å². The molecule has 0 saturated heterocycles. The molecule has 2 heterocycles. The molecule has 0 aliphatic carbocycles. The minimum absolute atomic E-state index is 0.174. The number of aromatic nitrogens is 3. The molecule has 0 atom stereocenters. The average molecular weight is 387 g/mol. The quantitative estimate of drug-likeness (QED) is 0.813. The molecule has 100 valence electrons. The zero-order valence-electron chi connectivity index (χ0n) is 10.8. The van der Waals surface area contributed by atoms with Crippen LogP contribution in [0, 0.1) is 0 Å². The summed E-state index contributed by atoms with van der Waals surface area (Å²) in [7, 11) is 0. The fraction of sp³-hybridized carbons (Fsp3) is 0.308. The lowest BCUT2D eigenvalue weighted by Gasteiger charge is -2.17. The van der Waals surface area contributed by atoms with E-state index in [1.165, 1.54) is 6.07 Å². The largest absolute Gasteiger partial charge is 0.305 e. The van der Waals surface area contributed by atoms with Crippen LogP contribution in [0.15, 0.2) is 32.1 Å². The summed E-state index contributed by atoms with van der Waals surface area (Å²) >= 11 is 6.77. The van der Waals surface area contributed by atoms with Crippen molar-refractivity contribution in [2.24, 2.45) is 0 Å². The molecular formula is C13H13Br2N3O. The van der Waals surface area contributed by atoms with Crippen LogP contribution in [0.3, 0.4) is 0 Å². The number of aromatic amines is 1. The second-order valence-electron chi connectivity index (χ2n) is 5.21. The molecule has 0 aliphatic rings. The Kier molecular flexibility index (Phi) is 3.92. The van der Waals surface area contributed by atoms with Crippen LogP contribution in [0.2, 0.25) is 0 Å². The van der Waals surface area contributed by atoms with E-state index in [-0.39, 0.29) is 11.0 Å². The predicted octanol–water partition coefficient (Wildman–Crippen LogP) is 3.65. The third kappa shape index (κ3) is 3.30. The topological polar surface area (TPSA) is 58.6 Å². The average Bonchev–Trinajstić information content (AvgIpc) is 2.26. The maximum Gasteiger partial charge on any atom is 0.251 e. The molecule has 0 spiro atoms. The van der Waals surface area contributed by atoms with Crippen molar-refractivity contribution in [2.45, 2.75) is 26.2 Å². The zero-order valence-corrected chi connectivity index (χ0v) is 14.0. The smallest absolute Gasteiger partial charge is 0.251 e. The first-order chi connectivity index (χ1) is 8.77. The van der Waals surface area contributed by atoms with E-state index >= 15 is 0 Å². The number of hydrogen-bond acceptors (Lipinski definition) is 3. The number of pyridine rings is 1. The highest BCUT2D eigenvalue weighted by atomic mass is 79.9. The van der Waals surface area contributed by atoms with Gasteiger partial charge in [0.15, 0.2) is 5.82 Å². The van der Waals surface area contributed by atoms with Gasteiger partial charge in [-0.25, -0.2) is 4.98 Å². The molecule has 2 rings (SSSR count). The predicted molar refractivity (Wildman–Crippen MR) is 82.2 cm³/mol. The Balaban J connectivity index is 2.63. The van der Waals surface area contributed by atoms with Crippen molar-refractivity contribution in [2.75, 3.05) is 0 Å². The first kappa shape index (κ1) is 14.4. The van der Waals surface area contributed by atoms with E-state index in [4.69, 9.17) is 0 Å². The van der Waals surface area contributed by atoms with Crippen molar-refractivity contribution in [1.82, 2.24) is 15.0 Å². The highest BCUT2D eigenvalue weighted by Crippen LogP contribution is 2.27. The monoisotopic (exact) mass is 385 g/mol. The molecule has 0 amide bonds. The summed E-state index contributed by atoms with van der Waals surface area (Å²) < 4.78 is 1.63. The van der Waals surface area contributed by atoms with Crippen molar-refractivity contribution >= 4 is 31.9 Å². The standard InChI is InChI=1S/C13H13Br2N3O/c1-13(2,3)9-5-10(19)18-12(17-9)11-8(15)4-7(14)6-16-11/h4-6H,1-3H3,(H,17,18,19). The summed E-state index contributed by atoms with van der Waals surface area (Å²) in [5.41, 5.74) is 0.992. The Morgan fingerprint density at radius 1 is 1.21 bits per heavy atom. The van der Waals surface area contributed by atoms with Crippen molar-refractivity contribution in [1.29, 1.82) is 0 Å². The lowest BCUT2D eigenvalue weighted by molar-refractivity contribution is 0.566. The van der Waals surface area contributed by atoms with Crippen LogP contribution >= 0.6 is 31.9 Å². The molecule has 0 unspecified atom stereocenters. The maximum absolute atomic E-state index is 11.8. The Hall–Kier alpha value is -1.01. The fourth-order valence-corrected chi connectivity index (χ4v) is 2.72. The van der Waals surface area contributed by atoms with Gasteiger partial charge in [-0.1, -0.05) is 20.8 Å². The molecule has 0 saturated carbocycles. The van der Waals surface area contributed by atoms with Crippen LogP contribution in [0.25, 0.3) is 11.5 Å². The van der Waals surface area contributed by atoms with Gasteiger partial charge in [0.1, 0.15) is 5.69 Å². The highest BCUT2D eigenvalue weighted by Gasteiger charge is 2.18. The highest BCUT2D eigenvalue weighted by molar-refractivity contribution is 9.11. The van der Waals surface area contributed by atoms with Crippen LogP contribution in [0.4, 0.5) is 0 Å². The Morgan fingerprint density at radius 3 is 2.47 bits per heavy atom. The number of nitrogens with one attached hydrogen (secondary N) is 1. The summed E-state index contributed by atoms with van der Waals surface area (Å²) in [6, 6.07) is 3.39. The molecule has 0 radical (unpaired) electrons. The third-order valence-electron chi connectivity index (χ3n) is 2.54. The van der Waals surface area contributed by atoms with Gasteiger partial charge < -0.3 is 4.98 Å². The normalized spacial score (nSPS) is 11.6. The molecular weight excluding hydrogens is 374 g/mol. The first-order valence-electron chi connectivity index (χ1n) is 5.70. The van der Waals surface area contributed by atoms with E-state index in [9.17, 15) is 4.79 Å². The van der Waals surface area contributed by atoms with Crippen LogP contribution in [-0.4, -0.2) is 15.0 Å². The van der Waals surface area contributed by atoms with Gasteiger partial charge >= 0.3 is 0 Å². The molecule has 0 bridgehead atoms. The van der Waals surface area contributed by atoms with Gasteiger partial charge in [0, 0.05) is 26.6 Å². The number of hydrogen-bond donors (Lipinski definition) is 1. The van der Waals surface area contributed by atoms with Crippen molar-refractivity contribution < 1.29 is 0 Å². The number of nitrogens with zero attached hydrogens (tertiary/aromatic N) is 2. The minimum atomic E-state index is -0.190. The third-order valence-corrected chi connectivity index (χ3v) is 3.58. The van der Waals surface area contributed by atoms with Crippen LogP contribution in [0.5, 0.6) is 0 Å². The summed E-state index contributed by atoms with van der Waals surface area (Å²) in [6.07, 6.45) is 1.67. The van der Waals surface area contributed by atoms with Gasteiger partial charge in [-0.3, -0.25) is 9.78 Å². The maximum atomic E-state index is 11.8. The molecule has 0 aromatic carbocycles. The summed E-state index contributed by atoms with van der Waals surface area (Å²) in [5, 5.41) is 0. The van der Waals surface area contributed by atoms with Crippen molar-refractivity contribution in [3.8, 4) is 11.5 Å². The molecule has 0 aliphatic heterocycles. The second-order valence-corrected chi connectivity index (χ2v) is 6.98. The zero-order chi connectivity index (χ0) is 14.2. The van der Waals surface area contributed by atoms with E-state index in [0.717, 1.165) is 14.6 Å². The minimum Gasteiger partial charge on any atom is -0.305 e. The van der Waals surface area contributed by atoms with Gasteiger partial charge in [-0.05, 0) is 37.9 Å². The molecule has 2 aromatic rings. The van der Waals surface area contributed by atoms with Gasteiger partial charge in [0.05, 0.1) is 5.69 Å². The number of halogens is 2. The molecule has 6 heteroatoms.